The molecule has 2 aliphatic heterocycles. The lowest BCUT2D eigenvalue weighted by Gasteiger charge is -2.30. The summed E-state index contributed by atoms with van der Waals surface area (Å²) >= 11 is 0. The molecule has 0 amide bonds. The summed E-state index contributed by atoms with van der Waals surface area (Å²) < 4.78 is 10.0. The van der Waals surface area contributed by atoms with Crippen LogP contribution in [0.3, 0.4) is 0 Å². The van der Waals surface area contributed by atoms with Gasteiger partial charge in [-0.2, -0.15) is 0 Å². The highest BCUT2D eigenvalue weighted by Crippen LogP contribution is 2.27. The third-order valence-electron chi connectivity index (χ3n) is 8.51. The number of ether oxygens (including phenoxy) is 2. The Morgan fingerprint density at radius 3 is 1.85 bits per heavy atom. The van der Waals surface area contributed by atoms with E-state index >= 15 is 0 Å². The molecule has 0 aromatic heterocycles. The SMILES string of the molecule is CCOC(=O)C1CCN(Cc2ccc3c(O)cccc3c2)CC1.CCOC(=O)C1CCNCC1.O=Cc1ccc2c(O)cccc2c1. The fraction of sp³-hybridized carbons (Fsp3) is 0.395. The maximum atomic E-state index is 11.8. The van der Waals surface area contributed by atoms with Gasteiger partial charge in [-0.05, 0) is 112 Å². The number of esters is 2. The molecule has 9 heteroatoms. The molecule has 2 aliphatic rings. The maximum absolute atomic E-state index is 11.8. The molecule has 4 aromatic rings. The second-order valence-electron chi connectivity index (χ2n) is 11.8. The summed E-state index contributed by atoms with van der Waals surface area (Å²) in [6, 6.07) is 22.2. The fourth-order valence-corrected chi connectivity index (χ4v) is 5.94. The number of phenolic OH excluding ortho intramolecular Hbond substituents is 2. The first kappa shape index (κ1) is 35.4. The van der Waals surface area contributed by atoms with E-state index in [1.54, 1.807) is 36.4 Å². The van der Waals surface area contributed by atoms with E-state index in [4.69, 9.17) is 9.47 Å². The summed E-state index contributed by atoms with van der Waals surface area (Å²) in [5, 5.41) is 26.1. The molecule has 9 nitrogen and oxygen atoms in total. The number of phenols is 2. The molecule has 2 saturated heterocycles. The summed E-state index contributed by atoms with van der Waals surface area (Å²) in [6.45, 7) is 9.27. The highest BCUT2D eigenvalue weighted by Gasteiger charge is 2.26. The minimum Gasteiger partial charge on any atom is -0.507 e. The molecule has 2 fully saturated rings. The molecule has 0 saturated carbocycles. The summed E-state index contributed by atoms with van der Waals surface area (Å²) in [6.07, 6.45) is 4.39. The Hall–Kier alpha value is -4.47. The number of nitrogens with zero attached hydrogens (tertiary/aromatic N) is 1. The number of likely N-dealkylation sites (tertiary alicyclic amines) is 1. The van der Waals surface area contributed by atoms with Crippen LogP contribution in [0.2, 0.25) is 0 Å². The van der Waals surface area contributed by atoms with Crippen molar-refractivity contribution in [1.82, 2.24) is 10.2 Å². The Labute approximate surface area is 276 Å². The zero-order chi connectivity index (χ0) is 33.6. The largest absolute Gasteiger partial charge is 0.507 e. The van der Waals surface area contributed by atoms with Gasteiger partial charge in [-0.15, -0.1) is 0 Å². The quantitative estimate of drug-likeness (QED) is 0.159. The molecule has 0 spiro atoms. The van der Waals surface area contributed by atoms with Crippen molar-refractivity contribution >= 4 is 39.8 Å². The van der Waals surface area contributed by atoms with Crippen molar-refractivity contribution in [3.63, 3.8) is 0 Å². The third-order valence-corrected chi connectivity index (χ3v) is 8.51. The zero-order valence-corrected chi connectivity index (χ0v) is 27.3. The van der Waals surface area contributed by atoms with Crippen LogP contribution in [0.1, 0.15) is 55.5 Å². The van der Waals surface area contributed by atoms with Crippen LogP contribution in [0.4, 0.5) is 0 Å². The van der Waals surface area contributed by atoms with Gasteiger partial charge in [-0.1, -0.05) is 42.5 Å². The highest BCUT2D eigenvalue weighted by molar-refractivity contribution is 5.92. The Balaban J connectivity index is 0.000000176. The van der Waals surface area contributed by atoms with Gasteiger partial charge in [0.05, 0.1) is 25.0 Å². The molecular weight excluding hydrogens is 596 g/mol. The third kappa shape index (κ3) is 10.3. The molecule has 0 radical (unpaired) electrons. The first-order valence-electron chi connectivity index (χ1n) is 16.5. The molecule has 4 aromatic carbocycles. The highest BCUT2D eigenvalue weighted by atomic mass is 16.5. The minimum absolute atomic E-state index is 0.0194. The van der Waals surface area contributed by atoms with E-state index < -0.39 is 0 Å². The van der Waals surface area contributed by atoms with E-state index in [0.717, 1.165) is 86.2 Å². The lowest BCUT2D eigenvalue weighted by atomic mass is 9.96. The average molecular weight is 643 g/mol. The van der Waals surface area contributed by atoms with E-state index in [0.29, 0.717) is 24.5 Å². The van der Waals surface area contributed by atoms with Crippen molar-refractivity contribution in [3.05, 3.63) is 83.9 Å². The van der Waals surface area contributed by atoms with E-state index in [1.807, 2.05) is 38.1 Å². The number of aldehydes is 1. The van der Waals surface area contributed by atoms with E-state index in [2.05, 4.69) is 22.3 Å². The number of piperidine rings is 2. The summed E-state index contributed by atoms with van der Waals surface area (Å²) in [7, 11) is 0. The van der Waals surface area contributed by atoms with E-state index in [1.165, 1.54) is 5.56 Å². The summed E-state index contributed by atoms with van der Waals surface area (Å²) in [5.41, 5.74) is 1.86. The number of nitrogens with one attached hydrogen (secondary N) is 1. The van der Waals surface area contributed by atoms with Crippen LogP contribution in [0.5, 0.6) is 11.5 Å². The standard InChI is InChI=1S/C19H23NO3.C11H8O2.C8H15NO2/c1-2-23-19(22)15-8-10-20(11-9-15)13-14-6-7-17-16(12-14)4-3-5-18(17)21;12-7-8-4-5-10-9(6-8)2-1-3-11(10)13;1-2-11-8(10)7-3-5-9-6-4-7/h3-7,12,15,21H,2,8-11,13H2,1H3;1-7,13H;7,9H,2-6H2,1H3. The number of aromatic hydroxyl groups is 2. The van der Waals surface area contributed by atoms with Gasteiger partial charge >= 0.3 is 11.9 Å². The van der Waals surface area contributed by atoms with Crippen molar-refractivity contribution in [2.45, 2.75) is 46.1 Å². The van der Waals surface area contributed by atoms with Gasteiger partial charge in [0, 0.05) is 22.9 Å². The Morgan fingerprint density at radius 2 is 1.30 bits per heavy atom. The topological polar surface area (TPSA) is 125 Å². The van der Waals surface area contributed by atoms with Crippen LogP contribution in [0, 0.1) is 11.8 Å². The van der Waals surface area contributed by atoms with Gasteiger partial charge in [0.2, 0.25) is 0 Å². The van der Waals surface area contributed by atoms with Crippen LogP contribution >= 0.6 is 0 Å². The summed E-state index contributed by atoms with van der Waals surface area (Å²) in [4.78, 5) is 35.8. The van der Waals surface area contributed by atoms with Crippen LogP contribution in [0.15, 0.2) is 72.8 Å². The van der Waals surface area contributed by atoms with Crippen molar-refractivity contribution in [2.24, 2.45) is 11.8 Å². The normalized spacial score (nSPS) is 15.5. The average Bonchev–Trinajstić information content (AvgIpc) is 3.10. The maximum Gasteiger partial charge on any atom is 0.309 e. The first-order chi connectivity index (χ1) is 22.8. The molecule has 0 bridgehead atoms. The van der Waals surface area contributed by atoms with Gasteiger partial charge < -0.3 is 25.0 Å². The molecule has 0 unspecified atom stereocenters. The lowest BCUT2D eigenvalue weighted by molar-refractivity contribution is -0.150. The number of rotatable bonds is 7. The molecule has 250 valence electrons. The Morgan fingerprint density at radius 1 is 0.766 bits per heavy atom. The Kier molecular flexibility index (Phi) is 13.6. The molecule has 6 rings (SSSR count). The minimum atomic E-state index is -0.0478. The van der Waals surface area contributed by atoms with Crippen molar-refractivity contribution < 1.29 is 34.1 Å². The lowest BCUT2D eigenvalue weighted by Crippen LogP contribution is -2.36. The zero-order valence-electron chi connectivity index (χ0n) is 27.3. The number of benzene rings is 4. The van der Waals surface area contributed by atoms with Gasteiger partial charge in [0.25, 0.3) is 0 Å². The van der Waals surface area contributed by atoms with Crippen LogP contribution < -0.4 is 5.32 Å². The van der Waals surface area contributed by atoms with E-state index in [-0.39, 0.29) is 29.5 Å². The van der Waals surface area contributed by atoms with Crippen molar-refractivity contribution in [1.29, 1.82) is 0 Å². The molecule has 0 atom stereocenters. The smallest absolute Gasteiger partial charge is 0.309 e. The van der Waals surface area contributed by atoms with E-state index in [9.17, 15) is 24.6 Å². The monoisotopic (exact) mass is 642 g/mol. The van der Waals surface area contributed by atoms with Gasteiger partial charge in [-0.3, -0.25) is 19.3 Å². The second kappa shape index (κ2) is 18.0. The number of carbonyl (C=O) groups is 3. The van der Waals surface area contributed by atoms with Gasteiger partial charge in [0.15, 0.2) is 0 Å². The Bertz CT molecular complexity index is 1630. The molecule has 3 N–H and O–H groups in total. The number of hydrogen-bond acceptors (Lipinski definition) is 9. The second-order valence-corrected chi connectivity index (χ2v) is 11.8. The molecule has 2 heterocycles. The van der Waals surface area contributed by atoms with Crippen LogP contribution in [-0.2, 0) is 25.6 Å². The number of carbonyl (C=O) groups excluding carboxylic acids is 3. The van der Waals surface area contributed by atoms with Crippen LogP contribution in [0.25, 0.3) is 21.5 Å². The first-order valence-corrected chi connectivity index (χ1v) is 16.5. The van der Waals surface area contributed by atoms with Crippen molar-refractivity contribution in [2.75, 3.05) is 39.4 Å². The predicted molar refractivity (Wildman–Crippen MR) is 183 cm³/mol. The molecule has 47 heavy (non-hydrogen) atoms. The predicted octanol–water partition coefficient (Wildman–Crippen LogP) is 6.23. The molecular formula is C38H46N2O7. The van der Waals surface area contributed by atoms with Gasteiger partial charge in [-0.25, -0.2) is 0 Å². The van der Waals surface area contributed by atoms with Gasteiger partial charge in [0.1, 0.15) is 17.8 Å². The fourth-order valence-electron chi connectivity index (χ4n) is 5.94. The van der Waals surface area contributed by atoms with Crippen LogP contribution in [-0.4, -0.2) is 72.7 Å². The molecule has 0 aliphatic carbocycles. The summed E-state index contributed by atoms with van der Waals surface area (Å²) in [5.74, 6) is 0.706. The number of fused-ring (bicyclic) bond motifs is 2. The van der Waals surface area contributed by atoms with Crippen molar-refractivity contribution in [3.8, 4) is 11.5 Å². The number of hydrogen-bond donors (Lipinski definition) is 3.